The Kier molecular flexibility index (Phi) is 3.84. The van der Waals surface area contributed by atoms with E-state index in [2.05, 4.69) is 17.1 Å². The first kappa shape index (κ1) is 14.6. The normalized spacial score (nSPS) is 16.9. The van der Waals surface area contributed by atoms with E-state index in [-0.39, 0.29) is 23.1 Å². The molecule has 1 atom stereocenters. The van der Waals surface area contributed by atoms with Crippen LogP contribution in [0.2, 0.25) is 0 Å². The first-order valence-electron chi connectivity index (χ1n) is 7.63. The van der Waals surface area contributed by atoms with Crippen LogP contribution in [0.1, 0.15) is 46.1 Å². The number of H-pyrrole nitrogens is 1. The lowest BCUT2D eigenvalue weighted by Gasteiger charge is -2.33. The van der Waals surface area contributed by atoms with Crippen LogP contribution in [0.25, 0.3) is 0 Å². The van der Waals surface area contributed by atoms with Gasteiger partial charge < -0.3 is 9.88 Å². The van der Waals surface area contributed by atoms with Crippen LogP contribution in [0.4, 0.5) is 0 Å². The third kappa shape index (κ3) is 2.56. The van der Waals surface area contributed by atoms with Gasteiger partial charge in [0.15, 0.2) is 0 Å². The van der Waals surface area contributed by atoms with E-state index in [1.165, 1.54) is 11.1 Å². The standard InChI is InChI=1S/C18H20N2O2/c1-12-10-11-15(17(21)19-12)18(22)20(2)16-9-5-7-13-6-3-4-8-14(13)16/h3-4,6,8,10-11,16H,5,7,9H2,1-2H3,(H,19,21)/t16-/m1/s1. The number of nitrogens with one attached hydrogen (secondary N) is 1. The molecule has 0 bridgehead atoms. The minimum Gasteiger partial charge on any atom is -0.334 e. The molecule has 1 aliphatic rings. The molecule has 0 fully saturated rings. The van der Waals surface area contributed by atoms with Gasteiger partial charge in [-0.05, 0) is 49.4 Å². The van der Waals surface area contributed by atoms with E-state index >= 15 is 0 Å². The van der Waals surface area contributed by atoms with Crippen molar-refractivity contribution in [1.82, 2.24) is 9.88 Å². The number of fused-ring (bicyclic) bond motifs is 1. The van der Waals surface area contributed by atoms with E-state index in [0.717, 1.165) is 25.0 Å². The van der Waals surface area contributed by atoms with Crippen LogP contribution >= 0.6 is 0 Å². The summed E-state index contributed by atoms with van der Waals surface area (Å²) in [6, 6.07) is 11.7. The summed E-state index contributed by atoms with van der Waals surface area (Å²) in [7, 11) is 1.79. The van der Waals surface area contributed by atoms with Gasteiger partial charge in [-0.15, -0.1) is 0 Å². The molecule has 0 unspecified atom stereocenters. The highest BCUT2D eigenvalue weighted by Crippen LogP contribution is 2.33. The molecule has 1 amide bonds. The fraction of sp³-hybridized carbons (Fsp3) is 0.333. The lowest BCUT2D eigenvalue weighted by Crippen LogP contribution is -2.36. The molecule has 4 nitrogen and oxygen atoms in total. The SMILES string of the molecule is Cc1ccc(C(=O)N(C)[C@@H]2CCCc3ccccc32)c(=O)[nH]1. The monoisotopic (exact) mass is 296 g/mol. The molecule has 0 radical (unpaired) electrons. The number of amides is 1. The van der Waals surface area contributed by atoms with Crippen LogP contribution in [0.15, 0.2) is 41.2 Å². The fourth-order valence-electron chi connectivity index (χ4n) is 3.20. The number of carbonyl (C=O) groups is 1. The van der Waals surface area contributed by atoms with E-state index in [1.54, 1.807) is 31.0 Å². The number of rotatable bonds is 2. The van der Waals surface area contributed by atoms with Crippen molar-refractivity contribution in [2.75, 3.05) is 7.05 Å². The van der Waals surface area contributed by atoms with E-state index < -0.39 is 0 Å². The summed E-state index contributed by atoms with van der Waals surface area (Å²) in [5.74, 6) is -0.219. The van der Waals surface area contributed by atoms with Crippen molar-refractivity contribution in [2.24, 2.45) is 0 Å². The first-order valence-corrected chi connectivity index (χ1v) is 7.63. The number of benzene rings is 1. The van der Waals surface area contributed by atoms with Crippen LogP contribution in [0, 0.1) is 6.92 Å². The highest BCUT2D eigenvalue weighted by atomic mass is 16.2. The van der Waals surface area contributed by atoms with Gasteiger partial charge in [-0.25, -0.2) is 0 Å². The number of aryl methyl sites for hydroxylation is 2. The zero-order valence-electron chi connectivity index (χ0n) is 12.9. The number of nitrogens with zero attached hydrogens (tertiary/aromatic N) is 1. The smallest absolute Gasteiger partial charge is 0.260 e. The van der Waals surface area contributed by atoms with E-state index in [1.807, 2.05) is 12.1 Å². The Morgan fingerprint density at radius 3 is 2.77 bits per heavy atom. The van der Waals surface area contributed by atoms with Crippen molar-refractivity contribution in [2.45, 2.75) is 32.2 Å². The second kappa shape index (κ2) is 5.79. The van der Waals surface area contributed by atoms with Crippen molar-refractivity contribution in [3.63, 3.8) is 0 Å². The molecule has 1 aromatic heterocycles. The van der Waals surface area contributed by atoms with Crippen molar-refractivity contribution in [3.05, 3.63) is 69.1 Å². The van der Waals surface area contributed by atoms with Gasteiger partial charge in [-0.3, -0.25) is 9.59 Å². The first-order chi connectivity index (χ1) is 10.6. The summed E-state index contributed by atoms with van der Waals surface area (Å²) >= 11 is 0. The van der Waals surface area contributed by atoms with E-state index in [9.17, 15) is 9.59 Å². The molecule has 1 heterocycles. The minimum absolute atomic E-state index is 0.0400. The van der Waals surface area contributed by atoms with Gasteiger partial charge in [0.1, 0.15) is 5.56 Å². The number of carbonyl (C=O) groups excluding carboxylic acids is 1. The van der Waals surface area contributed by atoms with Gasteiger partial charge in [0.2, 0.25) is 0 Å². The van der Waals surface area contributed by atoms with Crippen LogP contribution < -0.4 is 5.56 Å². The quantitative estimate of drug-likeness (QED) is 0.926. The largest absolute Gasteiger partial charge is 0.334 e. The third-order valence-corrected chi connectivity index (χ3v) is 4.41. The summed E-state index contributed by atoms with van der Waals surface area (Å²) < 4.78 is 0. The summed E-state index contributed by atoms with van der Waals surface area (Å²) in [4.78, 5) is 29.1. The molecule has 22 heavy (non-hydrogen) atoms. The average Bonchev–Trinajstić information content (AvgIpc) is 2.53. The van der Waals surface area contributed by atoms with Crippen LogP contribution in [0.3, 0.4) is 0 Å². The Hall–Kier alpha value is -2.36. The second-order valence-corrected chi connectivity index (χ2v) is 5.91. The van der Waals surface area contributed by atoms with Crippen LogP contribution in [-0.4, -0.2) is 22.8 Å². The Morgan fingerprint density at radius 2 is 2.00 bits per heavy atom. The Bertz CT molecular complexity index is 764. The fourth-order valence-corrected chi connectivity index (χ4v) is 3.20. The second-order valence-electron chi connectivity index (χ2n) is 5.91. The van der Waals surface area contributed by atoms with Gasteiger partial charge in [-0.2, -0.15) is 0 Å². The van der Waals surface area contributed by atoms with Gasteiger partial charge in [0.25, 0.3) is 11.5 Å². The molecule has 1 aromatic carbocycles. The molecule has 3 rings (SSSR count). The number of aromatic amines is 1. The van der Waals surface area contributed by atoms with Crippen LogP contribution in [-0.2, 0) is 6.42 Å². The van der Waals surface area contributed by atoms with Crippen LogP contribution in [0.5, 0.6) is 0 Å². The highest BCUT2D eigenvalue weighted by Gasteiger charge is 2.28. The Morgan fingerprint density at radius 1 is 1.23 bits per heavy atom. The number of pyridine rings is 1. The van der Waals surface area contributed by atoms with Gasteiger partial charge >= 0.3 is 0 Å². The summed E-state index contributed by atoms with van der Waals surface area (Å²) in [6.45, 7) is 1.80. The maximum atomic E-state index is 12.7. The minimum atomic E-state index is -0.319. The predicted molar refractivity (Wildman–Crippen MR) is 86.0 cm³/mol. The number of hydrogen-bond donors (Lipinski definition) is 1. The Balaban J connectivity index is 1.93. The zero-order valence-corrected chi connectivity index (χ0v) is 12.9. The maximum Gasteiger partial charge on any atom is 0.260 e. The Labute approximate surface area is 129 Å². The topological polar surface area (TPSA) is 53.2 Å². The molecular formula is C18H20N2O2. The van der Waals surface area contributed by atoms with Gasteiger partial charge in [0, 0.05) is 12.7 Å². The lowest BCUT2D eigenvalue weighted by molar-refractivity contribution is 0.0713. The number of hydrogen-bond acceptors (Lipinski definition) is 2. The molecule has 0 spiro atoms. The van der Waals surface area contributed by atoms with Crippen molar-refractivity contribution in [3.8, 4) is 0 Å². The molecular weight excluding hydrogens is 276 g/mol. The maximum absolute atomic E-state index is 12.7. The molecule has 114 valence electrons. The summed E-state index contributed by atoms with van der Waals surface area (Å²) in [6.07, 6.45) is 3.05. The third-order valence-electron chi connectivity index (χ3n) is 4.41. The molecule has 4 heteroatoms. The summed E-state index contributed by atoms with van der Waals surface area (Å²) in [5.41, 5.74) is 3.15. The lowest BCUT2D eigenvalue weighted by atomic mass is 9.87. The average molecular weight is 296 g/mol. The molecule has 1 aliphatic carbocycles. The van der Waals surface area contributed by atoms with Crippen molar-refractivity contribution >= 4 is 5.91 Å². The summed E-state index contributed by atoms with van der Waals surface area (Å²) in [5, 5.41) is 0. The zero-order chi connectivity index (χ0) is 15.7. The molecule has 1 N–H and O–H groups in total. The van der Waals surface area contributed by atoms with E-state index in [0.29, 0.717) is 0 Å². The molecule has 0 saturated carbocycles. The van der Waals surface area contributed by atoms with Crippen molar-refractivity contribution < 1.29 is 4.79 Å². The van der Waals surface area contributed by atoms with Crippen molar-refractivity contribution in [1.29, 1.82) is 0 Å². The predicted octanol–water partition coefficient (Wildman–Crippen LogP) is 2.83. The molecule has 2 aromatic rings. The highest BCUT2D eigenvalue weighted by molar-refractivity contribution is 5.94. The van der Waals surface area contributed by atoms with Gasteiger partial charge in [0.05, 0.1) is 6.04 Å². The number of aromatic nitrogens is 1. The van der Waals surface area contributed by atoms with E-state index in [4.69, 9.17) is 0 Å². The molecule has 0 aliphatic heterocycles. The van der Waals surface area contributed by atoms with Gasteiger partial charge in [-0.1, -0.05) is 24.3 Å². The molecule has 0 saturated heterocycles.